The number of nitrogens with zero attached hydrogens (tertiary/aromatic N) is 2. The Bertz CT molecular complexity index is 1760. The van der Waals surface area contributed by atoms with Gasteiger partial charge in [-0.15, -0.1) is 0 Å². The SMILES string of the molecule is COc1ccccc1N(CC(=O)N(Cc1ccc(Cl)cc1Cl)C(Cc1ccccc1)C(=O)NC(C)(C)C)S(=O)(=O)c1ccccc1. The molecule has 1 unspecified atom stereocenters. The lowest BCUT2D eigenvalue weighted by molar-refractivity contribution is -0.140. The van der Waals surface area contributed by atoms with E-state index in [-0.39, 0.29) is 29.3 Å². The van der Waals surface area contributed by atoms with Crippen molar-refractivity contribution < 1.29 is 22.7 Å². The summed E-state index contributed by atoms with van der Waals surface area (Å²) in [7, 11) is -2.85. The molecule has 0 fully saturated rings. The molecule has 11 heteroatoms. The molecule has 4 rings (SSSR count). The van der Waals surface area contributed by atoms with Crippen LogP contribution in [0.25, 0.3) is 0 Å². The van der Waals surface area contributed by atoms with Crippen molar-refractivity contribution in [3.63, 3.8) is 0 Å². The van der Waals surface area contributed by atoms with Gasteiger partial charge in [-0.3, -0.25) is 13.9 Å². The molecule has 0 radical (unpaired) electrons. The van der Waals surface area contributed by atoms with E-state index in [2.05, 4.69) is 5.32 Å². The van der Waals surface area contributed by atoms with E-state index in [1.807, 2.05) is 51.1 Å². The molecule has 0 saturated carbocycles. The van der Waals surface area contributed by atoms with Gasteiger partial charge in [-0.05, 0) is 68.3 Å². The number of hydrogen-bond donors (Lipinski definition) is 1. The number of hydrogen-bond acceptors (Lipinski definition) is 5. The average Bonchev–Trinajstić information content (AvgIpc) is 3.02. The molecule has 2 amide bonds. The third kappa shape index (κ3) is 8.81. The Morgan fingerprint density at radius 3 is 2.09 bits per heavy atom. The number of amides is 2. The van der Waals surface area contributed by atoms with E-state index < -0.39 is 40.0 Å². The van der Waals surface area contributed by atoms with Crippen LogP contribution in [0.5, 0.6) is 5.75 Å². The monoisotopic (exact) mass is 681 g/mol. The van der Waals surface area contributed by atoms with Gasteiger partial charge in [0, 0.05) is 28.5 Å². The van der Waals surface area contributed by atoms with Crippen molar-refractivity contribution in [3.8, 4) is 5.75 Å². The van der Waals surface area contributed by atoms with Crippen molar-refractivity contribution in [1.29, 1.82) is 0 Å². The molecule has 4 aromatic carbocycles. The summed E-state index contributed by atoms with van der Waals surface area (Å²) in [5.74, 6) is -0.764. The number of carbonyl (C=O) groups is 2. The number of rotatable bonds is 12. The number of nitrogens with one attached hydrogen (secondary N) is 1. The van der Waals surface area contributed by atoms with E-state index in [1.54, 1.807) is 60.7 Å². The molecule has 0 heterocycles. The maximum Gasteiger partial charge on any atom is 0.264 e. The Kier molecular flexibility index (Phi) is 11.4. The lowest BCUT2D eigenvalue weighted by atomic mass is 10.0. The van der Waals surface area contributed by atoms with Crippen LogP contribution in [0.3, 0.4) is 0 Å². The topological polar surface area (TPSA) is 96.0 Å². The quantitative estimate of drug-likeness (QED) is 0.178. The molecule has 242 valence electrons. The highest BCUT2D eigenvalue weighted by atomic mass is 35.5. The standard InChI is InChI=1S/C35H37Cl2N3O5S/c1-35(2,3)38-34(42)31(21-25-13-7-5-8-14-25)39(23-26-19-20-27(36)22-29(26)37)33(41)24-40(30-17-11-12-18-32(30)45-4)46(43,44)28-15-9-6-10-16-28/h5-20,22,31H,21,23-24H2,1-4H3,(H,38,42). The zero-order chi connectivity index (χ0) is 33.5. The van der Waals surface area contributed by atoms with Crippen LogP contribution in [0.2, 0.25) is 10.0 Å². The molecular formula is C35H37Cl2N3O5S. The summed E-state index contributed by atoms with van der Waals surface area (Å²) in [6.45, 7) is 4.83. The molecule has 0 aliphatic carbocycles. The fourth-order valence-corrected chi connectivity index (χ4v) is 6.82. The van der Waals surface area contributed by atoms with Gasteiger partial charge in [-0.1, -0.05) is 89.9 Å². The number of para-hydroxylation sites is 2. The zero-order valence-electron chi connectivity index (χ0n) is 26.1. The smallest absolute Gasteiger partial charge is 0.264 e. The second-order valence-electron chi connectivity index (χ2n) is 11.7. The van der Waals surface area contributed by atoms with Crippen molar-refractivity contribution in [2.75, 3.05) is 18.0 Å². The van der Waals surface area contributed by atoms with Crippen LogP contribution in [0.15, 0.2) is 108 Å². The molecule has 1 N–H and O–H groups in total. The van der Waals surface area contributed by atoms with E-state index in [0.717, 1.165) is 9.87 Å². The van der Waals surface area contributed by atoms with Crippen molar-refractivity contribution in [3.05, 3.63) is 124 Å². The Hall–Kier alpha value is -4.05. The van der Waals surface area contributed by atoms with Gasteiger partial charge in [0.1, 0.15) is 18.3 Å². The van der Waals surface area contributed by atoms with Crippen molar-refractivity contribution in [2.45, 2.75) is 50.2 Å². The summed E-state index contributed by atoms with van der Waals surface area (Å²) in [5, 5.41) is 3.72. The van der Waals surface area contributed by atoms with Gasteiger partial charge in [0.15, 0.2) is 0 Å². The maximum atomic E-state index is 14.6. The summed E-state index contributed by atoms with van der Waals surface area (Å²) in [6, 6.07) is 27.6. The minimum absolute atomic E-state index is 0.00712. The minimum Gasteiger partial charge on any atom is -0.495 e. The average molecular weight is 683 g/mol. The molecule has 8 nitrogen and oxygen atoms in total. The largest absolute Gasteiger partial charge is 0.495 e. The highest BCUT2D eigenvalue weighted by Gasteiger charge is 2.36. The second-order valence-corrected chi connectivity index (χ2v) is 14.4. The van der Waals surface area contributed by atoms with Gasteiger partial charge in [0.05, 0.1) is 17.7 Å². The Balaban J connectivity index is 1.86. The van der Waals surface area contributed by atoms with Crippen LogP contribution in [-0.2, 0) is 32.6 Å². The zero-order valence-corrected chi connectivity index (χ0v) is 28.4. The summed E-state index contributed by atoms with van der Waals surface area (Å²) in [4.78, 5) is 30.0. The normalized spacial score (nSPS) is 12.2. The van der Waals surface area contributed by atoms with Crippen LogP contribution in [0, 0.1) is 0 Å². The predicted molar refractivity (Wildman–Crippen MR) is 183 cm³/mol. The molecule has 46 heavy (non-hydrogen) atoms. The number of halogens is 2. The van der Waals surface area contributed by atoms with Gasteiger partial charge in [-0.25, -0.2) is 8.42 Å². The summed E-state index contributed by atoms with van der Waals surface area (Å²) < 4.78 is 34.9. The van der Waals surface area contributed by atoms with Gasteiger partial charge < -0.3 is 15.0 Å². The van der Waals surface area contributed by atoms with E-state index in [0.29, 0.717) is 15.6 Å². The fraction of sp³-hybridized carbons (Fsp3) is 0.257. The van der Waals surface area contributed by atoms with Crippen LogP contribution in [0.1, 0.15) is 31.9 Å². The molecule has 0 saturated heterocycles. The van der Waals surface area contributed by atoms with Crippen molar-refractivity contribution in [1.82, 2.24) is 10.2 Å². The van der Waals surface area contributed by atoms with Crippen LogP contribution in [0.4, 0.5) is 5.69 Å². The van der Waals surface area contributed by atoms with E-state index in [4.69, 9.17) is 27.9 Å². The molecule has 0 bridgehead atoms. The Morgan fingerprint density at radius 2 is 1.48 bits per heavy atom. The Labute approximate surface area is 280 Å². The predicted octanol–water partition coefficient (Wildman–Crippen LogP) is 6.75. The lowest BCUT2D eigenvalue weighted by Gasteiger charge is -2.35. The van der Waals surface area contributed by atoms with Crippen LogP contribution >= 0.6 is 23.2 Å². The number of methoxy groups -OCH3 is 1. The molecular weight excluding hydrogens is 645 g/mol. The first-order chi connectivity index (χ1) is 21.8. The molecule has 0 aliphatic rings. The van der Waals surface area contributed by atoms with Gasteiger partial charge in [-0.2, -0.15) is 0 Å². The first kappa shape index (κ1) is 34.8. The third-order valence-electron chi connectivity index (χ3n) is 7.09. The lowest BCUT2D eigenvalue weighted by Crippen LogP contribution is -2.56. The molecule has 1 atom stereocenters. The molecule has 0 aliphatic heterocycles. The molecule has 0 spiro atoms. The highest BCUT2D eigenvalue weighted by Crippen LogP contribution is 2.33. The van der Waals surface area contributed by atoms with E-state index in [9.17, 15) is 18.0 Å². The number of carbonyl (C=O) groups excluding carboxylic acids is 2. The van der Waals surface area contributed by atoms with Crippen LogP contribution < -0.4 is 14.4 Å². The Morgan fingerprint density at radius 1 is 0.870 bits per heavy atom. The van der Waals surface area contributed by atoms with Gasteiger partial charge >= 0.3 is 0 Å². The van der Waals surface area contributed by atoms with E-state index in [1.165, 1.54) is 24.1 Å². The highest BCUT2D eigenvalue weighted by molar-refractivity contribution is 7.92. The summed E-state index contributed by atoms with van der Waals surface area (Å²) in [5.41, 5.74) is 0.912. The summed E-state index contributed by atoms with van der Waals surface area (Å²) in [6.07, 6.45) is 0.166. The van der Waals surface area contributed by atoms with Gasteiger partial charge in [0.2, 0.25) is 11.8 Å². The third-order valence-corrected chi connectivity index (χ3v) is 9.45. The number of benzene rings is 4. The number of ether oxygens (including phenoxy) is 1. The summed E-state index contributed by atoms with van der Waals surface area (Å²) >= 11 is 12.7. The fourth-order valence-electron chi connectivity index (χ4n) is 4.91. The number of sulfonamides is 1. The van der Waals surface area contributed by atoms with E-state index >= 15 is 0 Å². The minimum atomic E-state index is -4.27. The maximum absolute atomic E-state index is 14.6. The second kappa shape index (κ2) is 15.0. The van der Waals surface area contributed by atoms with Crippen molar-refractivity contribution >= 4 is 50.7 Å². The molecule has 0 aromatic heterocycles. The first-order valence-corrected chi connectivity index (χ1v) is 16.8. The first-order valence-electron chi connectivity index (χ1n) is 14.6. The molecule has 4 aromatic rings. The van der Waals surface area contributed by atoms with Gasteiger partial charge in [0.25, 0.3) is 10.0 Å². The number of anilines is 1. The van der Waals surface area contributed by atoms with Crippen molar-refractivity contribution in [2.24, 2.45) is 0 Å². The van der Waals surface area contributed by atoms with Crippen LogP contribution in [-0.4, -0.2) is 50.4 Å².